The monoisotopic (exact) mass is 328 g/mol. The van der Waals surface area contributed by atoms with Crippen LogP contribution < -0.4 is 4.90 Å². The molecule has 1 N–H and O–H groups in total. The third-order valence-corrected chi connectivity index (χ3v) is 4.87. The lowest BCUT2D eigenvalue weighted by Crippen LogP contribution is -2.36. The lowest BCUT2D eigenvalue weighted by molar-refractivity contribution is -0.384. The summed E-state index contributed by atoms with van der Waals surface area (Å²) in [6.45, 7) is 0.770. The van der Waals surface area contributed by atoms with Gasteiger partial charge >= 0.3 is 5.97 Å². The molecule has 1 aliphatic heterocycles. The largest absolute Gasteiger partial charge is 0.481 e. The van der Waals surface area contributed by atoms with E-state index in [0.29, 0.717) is 31.6 Å². The van der Waals surface area contributed by atoms with Gasteiger partial charge in [0, 0.05) is 25.4 Å². The van der Waals surface area contributed by atoms with E-state index in [0.717, 1.165) is 12.3 Å². The van der Waals surface area contributed by atoms with Gasteiger partial charge in [-0.1, -0.05) is 0 Å². The molecule has 9 heteroatoms. The Hall–Kier alpha value is -2.16. The standard InChI is InChI=1S/C13H16N2O6S/c1-22(20,21)10-2-3-11(12(8-10)15(18)19)14-6-4-9(5-7-14)13(16)17/h2-3,8-9H,4-7H2,1H3,(H,16,17). The minimum atomic E-state index is -3.53. The van der Waals surface area contributed by atoms with Crippen LogP contribution in [0.4, 0.5) is 11.4 Å². The molecule has 1 fully saturated rings. The number of piperidine rings is 1. The average Bonchev–Trinajstić information content (AvgIpc) is 2.45. The van der Waals surface area contributed by atoms with Crippen LogP contribution in [0.5, 0.6) is 0 Å². The highest BCUT2D eigenvalue weighted by molar-refractivity contribution is 7.90. The first-order valence-electron chi connectivity index (χ1n) is 6.66. The van der Waals surface area contributed by atoms with Crippen molar-refractivity contribution in [2.24, 2.45) is 5.92 Å². The SMILES string of the molecule is CS(=O)(=O)c1ccc(N2CCC(C(=O)O)CC2)c([N+](=O)[O-])c1. The van der Waals surface area contributed by atoms with Crippen molar-refractivity contribution in [3.8, 4) is 0 Å². The van der Waals surface area contributed by atoms with Gasteiger partial charge in [-0.2, -0.15) is 0 Å². The number of aliphatic carboxylic acids is 1. The topological polar surface area (TPSA) is 118 Å². The molecule has 0 radical (unpaired) electrons. The molecule has 0 saturated carbocycles. The third-order valence-electron chi connectivity index (χ3n) is 3.76. The fraction of sp³-hybridized carbons (Fsp3) is 0.462. The number of carbonyl (C=O) groups is 1. The van der Waals surface area contributed by atoms with Crippen LogP contribution in [0.3, 0.4) is 0 Å². The van der Waals surface area contributed by atoms with E-state index >= 15 is 0 Å². The number of benzene rings is 1. The molecule has 22 heavy (non-hydrogen) atoms. The second-order valence-electron chi connectivity index (χ2n) is 5.28. The Morgan fingerprint density at radius 2 is 1.95 bits per heavy atom. The Kier molecular flexibility index (Phi) is 4.36. The van der Waals surface area contributed by atoms with Crippen molar-refractivity contribution in [2.45, 2.75) is 17.7 Å². The number of hydrogen-bond acceptors (Lipinski definition) is 6. The number of anilines is 1. The van der Waals surface area contributed by atoms with Crippen molar-refractivity contribution >= 4 is 27.2 Å². The molecular weight excluding hydrogens is 312 g/mol. The Morgan fingerprint density at radius 1 is 1.36 bits per heavy atom. The highest BCUT2D eigenvalue weighted by Gasteiger charge is 2.28. The molecule has 0 aliphatic carbocycles. The molecule has 2 rings (SSSR count). The van der Waals surface area contributed by atoms with Crippen LogP contribution >= 0.6 is 0 Å². The van der Waals surface area contributed by atoms with Gasteiger partial charge in [-0.15, -0.1) is 0 Å². The van der Waals surface area contributed by atoms with Crippen molar-refractivity contribution in [1.82, 2.24) is 0 Å². The molecule has 0 spiro atoms. The lowest BCUT2D eigenvalue weighted by atomic mass is 9.96. The van der Waals surface area contributed by atoms with E-state index in [9.17, 15) is 23.3 Å². The van der Waals surface area contributed by atoms with Crippen LogP contribution in [0, 0.1) is 16.0 Å². The summed E-state index contributed by atoms with van der Waals surface area (Å²) in [5, 5.41) is 20.2. The Balaban J connectivity index is 2.32. The normalized spacial score (nSPS) is 16.5. The molecule has 1 heterocycles. The third kappa shape index (κ3) is 3.35. The first-order valence-corrected chi connectivity index (χ1v) is 8.55. The number of carboxylic acids is 1. The quantitative estimate of drug-likeness (QED) is 0.653. The highest BCUT2D eigenvalue weighted by Crippen LogP contribution is 2.33. The summed E-state index contributed by atoms with van der Waals surface area (Å²) in [4.78, 5) is 23.1. The molecule has 0 bridgehead atoms. The van der Waals surface area contributed by atoms with Crippen LogP contribution in [0.1, 0.15) is 12.8 Å². The predicted molar refractivity (Wildman–Crippen MR) is 78.8 cm³/mol. The van der Waals surface area contributed by atoms with E-state index in [1.165, 1.54) is 12.1 Å². The smallest absolute Gasteiger partial charge is 0.306 e. The van der Waals surface area contributed by atoms with Gasteiger partial charge in [0.2, 0.25) is 0 Å². The minimum Gasteiger partial charge on any atom is -0.481 e. The number of nitro benzene ring substituents is 1. The van der Waals surface area contributed by atoms with Gasteiger partial charge in [0.05, 0.1) is 15.7 Å². The Labute approximate surface area is 127 Å². The second-order valence-corrected chi connectivity index (χ2v) is 7.30. The van der Waals surface area contributed by atoms with Gasteiger partial charge in [-0.25, -0.2) is 8.42 Å². The number of rotatable bonds is 4. The summed E-state index contributed by atoms with van der Waals surface area (Å²) in [6.07, 6.45) is 1.80. The molecule has 1 aliphatic rings. The summed E-state index contributed by atoms with van der Waals surface area (Å²) in [7, 11) is -3.53. The van der Waals surface area contributed by atoms with Gasteiger partial charge < -0.3 is 10.0 Å². The van der Waals surface area contributed by atoms with E-state index in [1.807, 2.05) is 0 Å². The zero-order chi connectivity index (χ0) is 16.5. The fourth-order valence-electron chi connectivity index (χ4n) is 2.51. The number of sulfone groups is 1. The zero-order valence-electron chi connectivity index (χ0n) is 11.9. The van der Waals surface area contributed by atoms with E-state index in [1.54, 1.807) is 4.90 Å². The molecule has 0 amide bonds. The van der Waals surface area contributed by atoms with Crippen LogP contribution in [-0.2, 0) is 14.6 Å². The summed E-state index contributed by atoms with van der Waals surface area (Å²) in [6, 6.07) is 3.80. The first-order chi connectivity index (χ1) is 10.2. The molecule has 8 nitrogen and oxygen atoms in total. The van der Waals surface area contributed by atoms with Crippen LogP contribution in [0.15, 0.2) is 23.1 Å². The second kappa shape index (κ2) is 5.91. The van der Waals surface area contributed by atoms with Crippen LogP contribution in [0.2, 0.25) is 0 Å². The maximum absolute atomic E-state index is 11.5. The van der Waals surface area contributed by atoms with E-state index in [2.05, 4.69) is 0 Å². The van der Waals surface area contributed by atoms with Gasteiger partial charge in [0.25, 0.3) is 5.69 Å². The number of nitro groups is 1. The maximum atomic E-state index is 11.5. The van der Waals surface area contributed by atoms with Gasteiger partial charge in [-0.3, -0.25) is 14.9 Å². The van der Waals surface area contributed by atoms with Crippen molar-refractivity contribution in [3.05, 3.63) is 28.3 Å². The molecular formula is C13H16N2O6S. The van der Waals surface area contributed by atoms with Crippen LogP contribution in [0.25, 0.3) is 0 Å². The Morgan fingerprint density at radius 3 is 2.41 bits per heavy atom. The van der Waals surface area contributed by atoms with Crippen molar-refractivity contribution in [1.29, 1.82) is 0 Å². The van der Waals surface area contributed by atoms with E-state index in [4.69, 9.17) is 5.11 Å². The number of nitrogens with zero attached hydrogens (tertiary/aromatic N) is 2. The van der Waals surface area contributed by atoms with Gasteiger partial charge in [-0.05, 0) is 25.0 Å². The number of hydrogen-bond donors (Lipinski definition) is 1. The predicted octanol–water partition coefficient (Wildman–Crippen LogP) is 1.30. The van der Waals surface area contributed by atoms with E-state index in [-0.39, 0.29) is 10.6 Å². The summed E-state index contributed by atoms with van der Waals surface area (Å²) in [5.41, 5.74) is 0.0398. The number of carboxylic acid groups (broad SMARTS) is 1. The lowest BCUT2D eigenvalue weighted by Gasteiger charge is -2.31. The van der Waals surface area contributed by atoms with E-state index < -0.39 is 26.6 Å². The molecule has 1 saturated heterocycles. The first kappa shape index (κ1) is 16.2. The summed E-state index contributed by atoms with van der Waals surface area (Å²) >= 11 is 0. The Bertz CT molecular complexity index is 707. The molecule has 0 unspecified atom stereocenters. The molecule has 1 aromatic carbocycles. The van der Waals surface area contributed by atoms with Crippen molar-refractivity contribution in [3.63, 3.8) is 0 Å². The molecule has 120 valence electrons. The fourth-order valence-corrected chi connectivity index (χ4v) is 3.16. The molecule has 0 atom stereocenters. The summed E-state index contributed by atoms with van der Waals surface area (Å²) in [5.74, 6) is -1.30. The average molecular weight is 328 g/mol. The molecule has 1 aromatic rings. The maximum Gasteiger partial charge on any atom is 0.306 e. The van der Waals surface area contributed by atoms with Crippen molar-refractivity contribution in [2.75, 3.05) is 24.2 Å². The van der Waals surface area contributed by atoms with Gasteiger partial charge in [0.15, 0.2) is 9.84 Å². The summed E-state index contributed by atoms with van der Waals surface area (Å²) < 4.78 is 23.0. The highest BCUT2D eigenvalue weighted by atomic mass is 32.2. The van der Waals surface area contributed by atoms with Crippen LogP contribution in [-0.4, -0.2) is 43.8 Å². The molecule has 0 aromatic heterocycles. The van der Waals surface area contributed by atoms with Gasteiger partial charge in [0.1, 0.15) is 5.69 Å². The minimum absolute atomic E-state index is 0.108. The van der Waals surface area contributed by atoms with Crippen molar-refractivity contribution < 1.29 is 23.2 Å². The zero-order valence-corrected chi connectivity index (χ0v) is 12.7.